The zero-order chi connectivity index (χ0) is 23.7. The van der Waals surface area contributed by atoms with Gasteiger partial charge in [-0.2, -0.15) is 11.8 Å². The molecule has 2 aliphatic rings. The summed E-state index contributed by atoms with van der Waals surface area (Å²) in [6.45, 7) is 5.34. The van der Waals surface area contributed by atoms with Crippen molar-refractivity contribution in [3.8, 4) is 5.75 Å². The molecule has 2 fully saturated rings. The van der Waals surface area contributed by atoms with Crippen LogP contribution in [0.3, 0.4) is 0 Å². The number of nitrogens with one attached hydrogen (secondary N) is 1. The van der Waals surface area contributed by atoms with Crippen molar-refractivity contribution in [1.82, 2.24) is 15.1 Å². The summed E-state index contributed by atoms with van der Waals surface area (Å²) in [7, 11) is 0. The van der Waals surface area contributed by atoms with E-state index in [9.17, 15) is 14.4 Å². The Hall–Kier alpha value is -2.48. The van der Waals surface area contributed by atoms with Gasteiger partial charge in [0.1, 0.15) is 11.8 Å². The molecular formula is C25H35N3O4S. The third-order valence-electron chi connectivity index (χ3n) is 6.69. The van der Waals surface area contributed by atoms with Gasteiger partial charge >= 0.3 is 0 Å². The number of hydrogen-bond acceptors (Lipinski definition) is 5. The second-order valence-corrected chi connectivity index (χ2v) is 9.74. The predicted molar refractivity (Wildman–Crippen MR) is 132 cm³/mol. The topological polar surface area (TPSA) is 79.0 Å². The summed E-state index contributed by atoms with van der Waals surface area (Å²) in [6, 6.07) is 7.25. The minimum atomic E-state index is -0.448. The molecule has 0 radical (unpaired) electrons. The van der Waals surface area contributed by atoms with E-state index in [1.54, 1.807) is 17.8 Å². The van der Waals surface area contributed by atoms with Crippen LogP contribution in [0.5, 0.6) is 5.75 Å². The lowest BCUT2D eigenvalue weighted by atomic mass is 9.77. The number of thioether (sulfide) groups is 1. The number of para-hydroxylation sites is 1. The second kappa shape index (κ2) is 12.1. The van der Waals surface area contributed by atoms with Crippen molar-refractivity contribution in [3.05, 3.63) is 35.9 Å². The van der Waals surface area contributed by atoms with E-state index < -0.39 is 6.04 Å². The molecule has 2 saturated heterocycles. The van der Waals surface area contributed by atoms with Crippen LogP contribution in [0, 0.1) is 5.41 Å². The smallest absolute Gasteiger partial charge is 0.246 e. The van der Waals surface area contributed by atoms with Gasteiger partial charge in [-0.15, -0.1) is 0 Å². The Bertz CT molecular complexity index is 852. The summed E-state index contributed by atoms with van der Waals surface area (Å²) in [5.41, 5.74) is 0.967. The highest BCUT2D eigenvalue weighted by Gasteiger charge is 2.43. The Kier molecular flexibility index (Phi) is 9.23. The van der Waals surface area contributed by atoms with Crippen molar-refractivity contribution in [3.63, 3.8) is 0 Å². The largest absolute Gasteiger partial charge is 0.493 e. The number of nitrogens with zero attached hydrogens (tertiary/aromatic N) is 2. The van der Waals surface area contributed by atoms with E-state index in [-0.39, 0.29) is 17.2 Å². The van der Waals surface area contributed by atoms with Gasteiger partial charge in [0.25, 0.3) is 0 Å². The zero-order valence-corrected chi connectivity index (χ0v) is 20.4. The molecule has 7 nitrogen and oxygen atoms in total. The number of hydrogen-bond donors (Lipinski definition) is 1. The summed E-state index contributed by atoms with van der Waals surface area (Å²) in [5, 5.41) is 2.69. The Labute approximate surface area is 200 Å². The maximum atomic E-state index is 12.9. The minimum Gasteiger partial charge on any atom is -0.493 e. The first-order valence-electron chi connectivity index (χ1n) is 11.7. The maximum absolute atomic E-state index is 12.9. The molecule has 2 heterocycles. The third-order valence-corrected chi connectivity index (χ3v) is 7.33. The number of rotatable bonds is 10. The van der Waals surface area contributed by atoms with Gasteiger partial charge in [0, 0.05) is 37.8 Å². The summed E-state index contributed by atoms with van der Waals surface area (Å²) >= 11 is 1.67. The zero-order valence-electron chi connectivity index (χ0n) is 19.6. The fourth-order valence-corrected chi connectivity index (χ4v) is 5.19. The van der Waals surface area contributed by atoms with E-state index in [0.717, 1.165) is 42.9 Å². The third kappa shape index (κ3) is 6.53. The highest BCUT2D eigenvalue weighted by molar-refractivity contribution is 7.98. The average molecular weight is 474 g/mol. The SMILES string of the molecule is CCOc1ccccc1/C=C/C(=O)N1CCC2(CC1)CCN(C(=O)[C@H](CCSC)NC=O)C2. The van der Waals surface area contributed by atoms with Gasteiger partial charge in [0.2, 0.25) is 18.2 Å². The fourth-order valence-electron chi connectivity index (χ4n) is 4.72. The molecular weight excluding hydrogens is 438 g/mol. The number of carbonyl (C=O) groups excluding carboxylic acids is 3. The lowest BCUT2D eigenvalue weighted by Gasteiger charge is -2.39. The Morgan fingerprint density at radius 2 is 1.88 bits per heavy atom. The monoisotopic (exact) mass is 473 g/mol. The normalized spacial score (nSPS) is 18.5. The molecule has 3 rings (SSSR count). The molecule has 1 N–H and O–H groups in total. The molecule has 0 bridgehead atoms. The molecule has 33 heavy (non-hydrogen) atoms. The lowest BCUT2D eigenvalue weighted by molar-refractivity contribution is -0.135. The van der Waals surface area contributed by atoms with E-state index in [1.165, 1.54) is 0 Å². The minimum absolute atomic E-state index is 0.00870. The lowest BCUT2D eigenvalue weighted by Crippen LogP contribution is -2.48. The average Bonchev–Trinajstić information content (AvgIpc) is 3.24. The molecule has 0 aromatic heterocycles. The van der Waals surface area contributed by atoms with E-state index in [0.29, 0.717) is 39.1 Å². The molecule has 180 valence electrons. The molecule has 8 heteroatoms. The van der Waals surface area contributed by atoms with Crippen LogP contribution in [0.4, 0.5) is 0 Å². The standard InChI is InChI=1S/C25H35N3O4S/c1-3-32-22-7-5-4-6-20(22)8-9-23(30)27-14-11-25(12-15-27)13-16-28(18-25)24(31)21(26-19-29)10-17-33-2/h4-9,19,21H,3,10-18H2,1-2H3,(H,26,29)/b9-8+/t21-/m0/s1. The predicted octanol–water partition coefficient (Wildman–Crippen LogP) is 2.81. The first-order valence-corrected chi connectivity index (χ1v) is 13.1. The van der Waals surface area contributed by atoms with Gasteiger partial charge in [-0.05, 0) is 62.2 Å². The molecule has 1 spiro atoms. The summed E-state index contributed by atoms with van der Waals surface area (Å²) in [5.74, 6) is 1.63. The number of benzene rings is 1. The van der Waals surface area contributed by atoms with Crippen LogP contribution in [0.1, 0.15) is 38.2 Å². The molecule has 0 saturated carbocycles. The van der Waals surface area contributed by atoms with Gasteiger partial charge in [-0.3, -0.25) is 14.4 Å². The van der Waals surface area contributed by atoms with Crippen molar-refractivity contribution < 1.29 is 19.1 Å². The Balaban J connectivity index is 1.53. The Morgan fingerprint density at radius 1 is 1.18 bits per heavy atom. The molecule has 3 amide bonds. The van der Waals surface area contributed by atoms with E-state index in [4.69, 9.17) is 4.74 Å². The molecule has 2 aliphatic heterocycles. The van der Waals surface area contributed by atoms with Gasteiger partial charge < -0.3 is 19.9 Å². The van der Waals surface area contributed by atoms with Gasteiger partial charge in [0.15, 0.2) is 0 Å². The highest BCUT2D eigenvalue weighted by atomic mass is 32.2. The van der Waals surface area contributed by atoms with Crippen LogP contribution < -0.4 is 10.1 Å². The maximum Gasteiger partial charge on any atom is 0.246 e. The molecule has 1 aromatic carbocycles. The molecule has 1 aromatic rings. The summed E-state index contributed by atoms with van der Waals surface area (Å²) < 4.78 is 5.63. The number of amides is 3. The van der Waals surface area contributed by atoms with Crippen LogP contribution in [0.15, 0.2) is 30.3 Å². The fraction of sp³-hybridized carbons (Fsp3) is 0.560. The summed E-state index contributed by atoms with van der Waals surface area (Å²) in [4.78, 5) is 40.5. The van der Waals surface area contributed by atoms with Crippen molar-refractivity contribution in [2.24, 2.45) is 5.41 Å². The van der Waals surface area contributed by atoms with Crippen LogP contribution in [0.25, 0.3) is 6.08 Å². The van der Waals surface area contributed by atoms with E-state index in [1.807, 2.05) is 53.3 Å². The van der Waals surface area contributed by atoms with Crippen LogP contribution in [-0.4, -0.2) is 78.9 Å². The van der Waals surface area contributed by atoms with E-state index >= 15 is 0 Å². The Morgan fingerprint density at radius 3 is 2.55 bits per heavy atom. The number of likely N-dealkylation sites (tertiary alicyclic amines) is 2. The van der Waals surface area contributed by atoms with Crippen molar-refractivity contribution in [2.45, 2.75) is 38.6 Å². The summed E-state index contributed by atoms with van der Waals surface area (Å²) in [6.07, 6.45) is 9.45. The van der Waals surface area contributed by atoms with Gasteiger partial charge in [0.05, 0.1) is 6.61 Å². The first-order chi connectivity index (χ1) is 16.0. The second-order valence-electron chi connectivity index (χ2n) is 8.76. The van der Waals surface area contributed by atoms with E-state index in [2.05, 4.69) is 5.32 Å². The van der Waals surface area contributed by atoms with Crippen molar-refractivity contribution >= 4 is 36.1 Å². The van der Waals surface area contributed by atoms with Gasteiger partial charge in [-0.25, -0.2) is 0 Å². The van der Waals surface area contributed by atoms with Crippen LogP contribution >= 0.6 is 11.8 Å². The van der Waals surface area contributed by atoms with Crippen LogP contribution in [-0.2, 0) is 14.4 Å². The number of piperidine rings is 1. The van der Waals surface area contributed by atoms with Crippen LogP contribution in [0.2, 0.25) is 0 Å². The molecule has 1 atom stereocenters. The highest BCUT2D eigenvalue weighted by Crippen LogP contribution is 2.40. The molecule has 0 unspecified atom stereocenters. The van der Waals surface area contributed by atoms with Gasteiger partial charge in [-0.1, -0.05) is 18.2 Å². The quantitative estimate of drug-likeness (QED) is 0.418. The first kappa shape index (κ1) is 25.1. The number of ether oxygens (including phenoxy) is 1. The van der Waals surface area contributed by atoms with Crippen molar-refractivity contribution in [2.75, 3.05) is 44.8 Å². The van der Waals surface area contributed by atoms with Crippen molar-refractivity contribution in [1.29, 1.82) is 0 Å². The molecule has 0 aliphatic carbocycles. The number of carbonyl (C=O) groups is 3.